The van der Waals surface area contributed by atoms with E-state index in [1.54, 1.807) is 7.11 Å². The molecule has 0 heterocycles. The average Bonchev–Trinajstić information content (AvgIpc) is 2.35. The lowest BCUT2D eigenvalue weighted by molar-refractivity contribution is 0.403. The minimum absolute atomic E-state index is 0.315. The summed E-state index contributed by atoms with van der Waals surface area (Å²) in [5, 5.41) is 0. The molecular formula is C14H22BrNO. The molecule has 17 heavy (non-hydrogen) atoms. The van der Waals surface area contributed by atoms with E-state index >= 15 is 0 Å². The van der Waals surface area contributed by atoms with E-state index in [1.165, 1.54) is 5.56 Å². The molecule has 96 valence electrons. The summed E-state index contributed by atoms with van der Waals surface area (Å²) in [7, 11) is 1.72. The van der Waals surface area contributed by atoms with Gasteiger partial charge >= 0.3 is 0 Å². The van der Waals surface area contributed by atoms with Crippen LogP contribution in [0.3, 0.4) is 0 Å². The normalized spacial score (nSPS) is 14.4. The van der Waals surface area contributed by atoms with E-state index in [1.807, 2.05) is 12.1 Å². The summed E-state index contributed by atoms with van der Waals surface area (Å²) in [5.74, 6) is 1.44. The Morgan fingerprint density at radius 2 is 2.06 bits per heavy atom. The Kier molecular flexibility index (Phi) is 6.00. The molecule has 1 aromatic rings. The van der Waals surface area contributed by atoms with Gasteiger partial charge in [0.25, 0.3) is 0 Å². The summed E-state index contributed by atoms with van der Waals surface area (Å²) >= 11 is 3.51. The summed E-state index contributed by atoms with van der Waals surface area (Å²) in [6.07, 6.45) is 3.21. The molecule has 0 radical (unpaired) electrons. The van der Waals surface area contributed by atoms with Gasteiger partial charge in [0, 0.05) is 10.5 Å². The van der Waals surface area contributed by atoms with Crippen LogP contribution < -0.4 is 10.5 Å². The van der Waals surface area contributed by atoms with E-state index in [0.29, 0.717) is 12.0 Å². The third kappa shape index (κ3) is 4.32. The van der Waals surface area contributed by atoms with Gasteiger partial charge < -0.3 is 10.5 Å². The second-order valence-electron chi connectivity index (χ2n) is 4.53. The van der Waals surface area contributed by atoms with Crippen LogP contribution in [0.15, 0.2) is 22.7 Å². The lowest BCUT2D eigenvalue weighted by Crippen LogP contribution is -2.19. The zero-order valence-electron chi connectivity index (χ0n) is 10.9. The van der Waals surface area contributed by atoms with Crippen molar-refractivity contribution in [3.05, 3.63) is 28.2 Å². The molecule has 0 bridgehead atoms. The van der Waals surface area contributed by atoms with Crippen LogP contribution in [0, 0.1) is 0 Å². The van der Waals surface area contributed by atoms with Gasteiger partial charge in [0.15, 0.2) is 0 Å². The Labute approximate surface area is 113 Å². The maximum Gasteiger partial charge on any atom is 0.122 e. The first-order chi connectivity index (χ1) is 8.08. The van der Waals surface area contributed by atoms with Gasteiger partial charge in [-0.05, 0) is 48.9 Å². The Balaban J connectivity index is 2.73. The minimum atomic E-state index is 0.315. The van der Waals surface area contributed by atoms with Gasteiger partial charge in [0.05, 0.1) is 7.11 Å². The van der Waals surface area contributed by atoms with Gasteiger partial charge in [-0.3, -0.25) is 0 Å². The first-order valence-electron chi connectivity index (χ1n) is 6.17. The van der Waals surface area contributed by atoms with Crippen molar-refractivity contribution in [2.45, 2.75) is 45.1 Å². The smallest absolute Gasteiger partial charge is 0.122 e. The molecule has 0 fully saturated rings. The Morgan fingerprint density at radius 1 is 1.35 bits per heavy atom. The highest BCUT2D eigenvalue weighted by Crippen LogP contribution is 2.32. The molecule has 3 heteroatoms. The highest BCUT2D eigenvalue weighted by Gasteiger charge is 2.13. The molecule has 1 aromatic carbocycles. The molecule has 2 unspecified atom stereocenters. The van der Waals surface area contributed by atoms with Crippen molar-refractivity contribution >= 4 is 15.9 Å². The van der Waals surface area contributed by atoms with Crippen LogP contribution in [0.4, 0.5) is 0 Å². The lowest BCUT2D eigenvalue weighted by Gasteiger charge is -2.17. The number of methoxy groups -OCH3 is 1. The van der Waals surface area contributed by atoms with E-state index in [0.717, 1.165) is 29.5 Å². The van der Waals surface area contributed by atoms with Crippen LogP contribution in [0.5, 0.6) is 5.75 Å². The van der Waals surface area contributed by atoms with Crippen LogP contribution in [0.25, 0.3) is 0 Å². The van der Waals surface area contributed by atoms with Crippen molar-refractivity contribution in [3.8, 4) is 5.75 Å². The molecular weight excluding hydrogens is 278 g/mol. The SMILES string of the molecule is CCC(N)CCC(C)c1cc(Br)ccc1OC. The summed E-state index contributed by atoms with van der Waals surface area (Å²) in [6, 6.07) is 6.47. The topological polar surface area (TPSA) is 35.2 Å². The second-order valence-corrected chi connectivity index (χ2v) is 5.45. The number of benzene rings is 1. The van der Waals surface area contributed by atoms with Crippen molar-refractivity contribution in [2.75, 3.05) is 7.11 Å². The van der Waals surface area contributed by atoms with Crippen LogP contribution >= 0.6 is 15.9 Å². The maximum atomic E-state index is 5.96. The molecule has 0 saturated heterocycles. The summed E-state index contributed by atoms with van der Waals surface area (Å²) in [4.78, 5) is 0. The fraction of sp³-hybridized carbons (Fsp3) is 0.571. The largest absolute Gasteiger partial charge is 0.496 e. The van der Waals surface area contributed by atoms with Crippen LogP contribution in [-0.2, 0) is 0 Å². The van der Waals surface area contributed by atoms with Gasteiger partial charge in [-0.15, -0.1) is 0 Å². The van der Waals surface area contributed by atoms with Crippen LogP contribution in [-0.4, -0.2) is 13.2 Å². The van der Waals surface area contributed by atoms with E-state index in [-0.39, 0.29) is 0 Å². The highest BCUT2D eigenvalue weighted by atomic mass is 79.9. The zero-order chi connectivity index (χ0) is 12.8. The average molecular weight is 300 g/mol. The number of nitrogens with two attached hydrogens (primary N) is 1. The van der Waals surface area contributed by atoms with Gasteiger partial charge in [0.2, 0.25) is 0 Å². The first kappa shape index (κ1) is 14.5. The van der Waals surface area contributed by atoms with Crippen molar-refractivity contribution < 1.29 is 4.74 Å². The van der Waals surface area contributed by atoms with E-state index in [9.17, 15) is 0 Å². The van der Waals surface area contributed by atoms with Gasteiger partial charge in [0.1, 0.15) is 5.75 Å². The lowest BCUT2D eigenvalue weighted by atomic mass is 9.93. The molecule has 1 rings (SSSR count). The molecule has 0 aliphatic carbocycles. The number of hydrogen-bond donors (Lipinski definition) is 1. The standard InChI is InChI=1S/C14H22BrNO/c1-4-12(16)7-5-10(2)13-9-11(15)6-8-14(13)17-3/h6,8-10,12H,4-5,7,16H2,1-3H3. The van der Waals surface area contributed by atoms with Crippen molar-refractivity contribution in [3.63, 3.8) is 0 Å². The quantitative estimate of drug-likeness (QED) is 0.859. The van der Waals surface area contributed by atoms with Crippen LogP contribution in [0.2, 0.25) is 0 Å². The Bertz CT molecular complexity index is 354. The Morgan fingerprint density at radius 3 is 2.65 bits per heavy atom. The van der Waals surface area contributed by atoms with E-state index in [4.69, 9.17) is 10.5 Å². The summed E-state index contributed by atoms with van der Waals surface area (Å²) in [5.41, 5.74) is 7.21. The highest BCUT2D eigenvalue weighted by molar-refractivity contribution is 9.10. The maximum absolute atomic E-state index is 5.96. The molecule has 0 aromatic heterocycles. The van der Waals surface area contributed by atoms with Gasteiger partial charge in [-0.1, -0.05) is 29.8 Å². The van der Waals surface area contributed by atoms with Gasteiger partial charge in [-0.25, -0.2) is 0 Å². The van der Waals surface area contributed by atoms with Crippen molar-refractivity contribution in [2.24, 2.45) is 5.73 Å². The monoisotopic (exact) mass is 299 g/mol. The zero-order valence-corrected chi connectivity index (χ0v) is 12.5. The molecule has 2 atom stereocenters. The number of halogens is 1. The molecule has 0 spiro atoms. The fourth-order valence-electron chi connectivity index (χ4n) is 1.91. The van der Waals surface area contributed by atoms with Crippen LogP contribution in [0.1, 0.15) is 44.6 Å². The van der Waals surface area contributed by atoms with E-state index in [2.05, 4.69) is 35.8 Å². The second kappa shape index (κ2) is 7.02. The minimum Gasteiger partial charge on any atom is -0.496 e. The third-order valence-electron chi connectivity index (χ3n) is 3.22. The Hall–Kier alpha value is -0.540. The molecule has 0 saturated carbocycles. The van der Waals surface area contributed by atoms with E-state index < -0.39 is 0 Å². The molecule has 2 nitrogen and oxygen atoms in total. The number of rotatable bonds is 6. The third-order valence-corrected chi connectivity index (χ3v) is 3.71. The van der Waals surface area contributed by atoms with Crippen molar-refractivity contribution in [1.82, 2.24) is 0 Å². The van der Waals surface area contributed by atoms with Gasteiger partial charge in [-0.2, -0.15) is 0 Å². The summed E-state index contributed by atoms with van der Waals surface area (Å²) in [6.45, 7) is 4.36. The predicted molar refractivity (Wildman–Crippen MR) is 76.6 cm³/mol. The number of hydrogen-bond acceptors (Lipinski definition) is 2. The molecule has 0 aliphatic heterocycles. The summed E-state index contributed by atoms with van der Waals surface area (Å²) < 4.78 is 6.50. The van der Waals surface area contributed by atoms with Crippen molar-refractivity contribution in [1.29, 1.82) is 0 Å². The molecule has 2 N–H and O–H groups in total. The molecule has 0 aliphatic rings. The molecule has 0 amide bonds. The predicted octanol–water partition coefficient (Wildman–Crippen LogP) is 4.08. The first-order valence-corrected chi connectivity index (χ1v) is 6.96. The fourth-order valence-corrected chi connectivity index (χ4v) is 2.29. The number of ether oxygens (including phenoxy) is 1.